The monoisotopic (exact) mass is 344 g/mol. The molecular weight excluding hydrogens is 328 g/mol. The second-order valence-corrected chi connectivity index (χ2v) is 6.07. The lowest BCUT2D eigenvalue weighted by Crippen LogP contribution is -2.27. The van der Waals surface area contributed by atoms with Gasteiger partial charge in [-0.15, -0.1) is 0 Å². The molecule has 2 aromatic heterocycles. The van der Waals surface area contributed by atoms with Crippen molar-refractivity contribution < 1.29 is 4.79 Å². The summed E-state index contributed by atoms with van der Waals surface area (Å²) < 4.78 is 1.31. The Balaban J connectivity index is 1.62. The predicted octanol–water partition coefficient (Wildman–Crippen LogP) is 2.89. The molecular formula is C20H16N4O2. The topological polar surface area (TPSA) is 76.9 Å². The normalized spacial score (nSPS) is 11.0. The van der Waals surface area contributed by atoms with Crippen molar-refractivity contribution in [3.63, 3.8) is 0 Å². The number of nitrogens with zero attached hydrogens (tertiary/aromatic N) is 3. The number of aryl methyl sites for hydroxylation is 1. The lowest BCUT2D eigenvalue weighted by Gasteiger charge is -2.10. The Labute approximate surface area is 149 Å². The number of benzene rings is 2. The minimum atomic E-state index is -0.294. The van der Waals surface area contributed by atoms with Crippen molar-refractivity contribution in [3.05, 3.63) is 77.0 Å². The van der Waals surface area contributed by atoms with Crippen LogP contribution in [0.1, 0.15) is 5.69 Å². The first-order valence-corrected chi connectivity index (χ1v) is 8.22. The van der Waals surface area contributed by atoms with Gasteiger partial charge in [0, 0.05) is 11.1 Å². The summed E-state index contributed by atoms with van der Waals surface area (Å²) in [6, 6.07) is 16.5. The molecule has 128 valence electrons. The maximum absolute atomic E-state index is 12.5. The number of fused-ring (bicyclic) bond motifs is 2. The van der Waals surface area contributed by atoms with Crippen LogP contribution in [0.4, 0.5) is 5.69 Å². The van der Waals surface area contributed by atoms with Gasteiger partial charge in [-0.1, -0.05) is 18.2 Å². The molecule has 4 rings (SSSR count). The zero-order valence-electron chi connectivity index (χ0n) is 14.1. The van der Waals surface area contributed by atoms with Crippen molar-refractivity contribution in [1.82, 2.24) is 14.5 Å². The number of aromatic nitrogens is 3. The zero-order chi connectivity index (χ0) is 18.1. The summed E-state index contributed by atoms with van der Waals surface area (Å²) in [6.45, 7) is 1.82. The molecule has 0 radical (unpaired) electrons. The first-order valence-electron chi connectivity index (χ1n) is 8.22. The molecule has 0 bridgehead atoms. The Morgan fingerprint density at radius 2 is 1.81 bits per heavy atom. The average Bonchev–Trinajstić information content (AvgIpc) is 2.64. The molecule has 0 fully saturated rings. The smallest absolute Gasteiger partial charge is 0.261 e. The molecule has 26 heavy (non-hydrogen) atoms. The largest absolute Gasteiger partial charge is 0.324 e. The number of para-hydroxylation sites is 1. The number of nitrogens with one attached hydrogen (secondary N) is 1. The van der Waals surface area contributed by atoms with E-state index in [2.05, 4.69) is 15.3 Å². The maximum atomic E-state index is 12.5. The quantitative estimate of drug-likeness (QED) is 0.620. The number of carbonyl (C=O) groups is 1. The van der Waals surface area contributed by atoms with Crippen LogP contribution in [0, 0.1) is 6.92 Å². The minimum Gasteiger partial charge on any atom is -0.324 e. The van der Waals surface area contributed by atoms with Gasteiger partial charge in [0.15, 0.2) is 0 Å². The Kier molecular flexibility index (Phi) is 3.93. The number of carbonyl (C=O) groups excluding carboxylic acids is 1. The van der Waals surface area contributed by atoms with Gasteiger partial charge in [0.1, 0.15) is 6.54 Å². The standard InChI is InChI=1S/C20H16N4O2/c1-13-9-10-14-17(22-13)7-4-8-18(14)23-19(25)11-24-12-21-16-6-3-2-5-15(16)20(24)26/h2-10,12H,11H2,1H3,(H,23,25). The van der Waals surface area contributed by atoms with Gasteiger partial charge in [0.25, 0.3) is 5.56 Å². The number of hydrogen-bond acceptors (Lipinski definition) is 4. The van der Waals surface area contributed by atoms with Crippen molar-refractivity contribution in [2.24, 2.45) is 0 Å². The summed E-state index contributed by atoms with van der Waals surface area (Å²) in [4.78, 5) is 33.7. The Hall–Kier alpha value is -3.54. The molecule has 0 saturated heterocycles. The van der Waals surface area contributed by atoms with E-state index in [1.165, 1.54) is 10.9 Å². The van der Waals surface area contributed by atoms with Crippen LogP contribution in [-0.4, -0.2) is 20.4 Å². The third kappa shape index (κ3) is 2.93. The summed E-state index contributed by atoms with van der Waals surface area (Å²) >= 11 is 0. The van der Waals surface area contributed by atoms with E-state index in [-0.39, 0.29) is 18.0 Å². The Bertz CT molecular complexity index is 1200. The second kappa shape index (κ2) is 6.40. The SMILES string of the molecule is Cc1ccc2c(NC(=O)Cn3cnc4ccccc4c3=O)cccc2n1. The molecule has 4 aromatic rings. The molecule has 0 saturated carbocycles. The van der Waals surface area contributed by atoms with Gasteiger partial charge < -0.3 is 5.32 Å². The molecule has 6 nitrogen and oxygen atoms in total. The number of pyridine rings is 1. The Morgan fingerprint density at radius 1 is 1.00 bits per heavy atom. The molecule has 0 aliphatic heterocycles. The summed E-state index contributed by atoms with van der Waals surface area (Å²) in [6.07, 6.45) is 1.40. The molecule has 2 aromatic carbocycles. The third-order valence-corrected chi connectivity index (χ3v) is 4.19. The third-order valence-electron chi connectivity index (χ3n) is 4.19. The number of hydrogen-bond donors (Lipinski definition) is 1. The van der Waals surface area contributed by atoms with E-state index in [4.69, 9.17) is 0 Å². The van der Waals surface area contributed by atoms with Crippen molar-refractivity contribution >= 4 is 33.4 Å². The number of rotatable bonds is 3. The van der Waals surface area contributed by atoms with Crippen LogP contribution in [0.25, 0.3) is 21.8 Å². The summed E-state index contributed by atoms with van der Waals surface area (Å²) in [7, 11) is 0. The van der Waals surface area contributed by atoms with Gasteiger partial charge in [-0.05, 0) is 43.3 Å². The lowest BCUT2D eigenvalue weighted by molar-refractivity contribution is -0.116. The van der Waals surface area contributed by atoms with Crippen LogP contribution < -0.4 is 10.9 Å². The van der Waals surface area contributed by atoms with E-state index >= 15 is 0 Å². The van der Waals surface area contributed by atoms with Gasteiger partial charge in [-0.2, -0.15) is 0 Å². The lowest BCUT2D eigenvalue weighted by atomic mass is 10.1. The average molecular weight is 344 g/mol. The minimum absolute atomic E-state index is 0.105. The van der Waals surface area contributed by atoms with Crippen molar-refractivity contribution in [2.75, 3.05) is 5.32 Å². The molecule has 6 heteroatoms. The van der Waals surface area contributed by atoms with E-state index in [1.54, 1.807) is 18.2 Å². The summed E-state index contributed by atoms with van der Waals surface area (Å²) in [5.41, 5.74) is 2.77. The molecule has 0 spiro atoms. The van der Waals surface area contributed by atoms with E-state index < -0.39 is 0 Å². The summed E-state index contributed by atoms with van der Waals surface area (Å²) in [5, 5.41) is 4.21. The summed E-state index contributed by atoms with van der Waals surface area (Å²) in [5.74, 6) is -0.294. The van der Waals surface area contributed by atoms with E-state index in [1.807, 2.05) is 43.3 Å². The van der Waals surface area contributed by atoms with Crippen LogP contribution in [0.15, 0.2) is 65.7 Å². The van der Waals surface area contributed by atoms with Crippen LogP contribution in [0.3, 0.4) is 0 Å². The van der Waals surface area contributed by atoms with Gasteiger partial charge >= 0.3 is 0 Å². The molecule has 1 amide bonds. The first kappa shape index (κ1) is 16.0. The van der Waals surface area contributed by atoms with E-state index in [9.17, 15) is 9.59 Å². The van der Waals surface area contributed by atoms with E-state index in [0.717, 1.165) is 16.6 Å². The van der Waals surface area contributed by atoms with Gasteiger partial charge in [-0.3, -0.25) is 19.1 Å². The highest BCUT2D eigenvalue weighted by Crippen LogP contribution is 2.22. The number of anilines is 1. The highest BCUT2D eigenvalue weighted by Gasteiger charge is 2.10. The highest BCUT2D eigenvalue weighted by molar-refractivity contribution is 6.01. The fourth-order valence-corrected chi connectivity index (χ4v) is 2.93. The fourth-order valence-electron chi connectivity index (χ4n) is 2.93. The first-order chi connectivity index (χ1) is 12.6. The predicted molar refractivity (Wildman–Crippen MR) is 101 cm³/mol. The van der Waals surface area contributed by atoms with Crippen LogP contribution in [0.5, 0.6) is 0 Å². The van der Waals surface area contributed by atoms with Gasteiger partial charge in [0.05, 0.1) is 28.4 Å². The molecule has 0 aliphatic carbocycles. The zero-order valence-corrected chi connectivity index (χ0v) is 14.1. The van der Waals surface area contributed by atoms with Gasteiger partial charge in [0.2, 0.25) is 5.91 Å². The van der Waals surface area contributed by atoms with Crippen LogP contribution in [-0.2, 0) is 11.3 Å². The molecule has 0 aliphatic rings. The highest BCUT2D eigenvalue weighted by atomic mass is 16.2. The van der Waals surface area contributed by atoms with Crippen molar-refractivity contribution in [2.45, 2.75) is 13.5 Å². The molecule has 1 N–H and O–H groups in total. The second-order valence-electron chi connectivity index (χ2n) is 6.07. The molecule has 0 unspecified atom stereocenters. The molecule has 0 atom stereocenters. The van der Waals surface area contributed by atoms with Crippen LogP contribution in [0.2, 0.25) is 0 Å². The maximum Gasteiger partial charge on any atom is 0.261 e. The number of amides is 1. The Morgan fingerprint density at radius 3 is 2.69 bits per heavy atom. The van der Waals surface area contributed by atoms with Crippen molar-refractivity contribution in [1.29, 1.82) is 0 Å². The van der Waals surface area contributed by atoms with Crippen molar-refractivity contribution in [3.8, 4) is 0 Å². The van der Waals surface area contributed by atoms with Crippen LogP contribution >= 0.6 is 0 Å². The fraction of sp³-hybridized carbons (Fsp3) is 0.100. The van der Waals surface area contributed by atoms with E-state index in [0.29, 0.717) is 16.6 Å². The van der Waals surface area contributed by atoms with Gasteiger partial charge in [-0.25, -0.2) is 4.98 Å². The molecule has 2 heterocycles.